The molecule has 4 aromatic carbocycles. The number of nitrogens with one attached hydrogen (secondary N) is 1. The molecule has 5 rings (SSSR count). The molecule has 1 aliphatic carbocycles. The fourth-order valence-corrected chi connectivity index (χ4v) is 8.10. The van der Waals surface area contributed by atoms with Crippen molar-refractivity contribution in [3.8, 4) is 0 Å². The third kappa shape index (κ3) is 9.04. The van der Waals surface area contributed by atoms with Gasteiger partial charge in [-0.05, 0) is 73.2 Å². The van der Waals surface area contributed by atoms with E-state index in [-0.39, 0.29) is 35.7 Å². The molecule has 49 heavy (non-hydrogen) atoms. The fourth-order valence-electron chi connectivity index (χ4n) is 6.17. The Hall–Kier alpha value is -3.85. The van der Waals surface area contributed by atoms with Gasteiger partial charge in [0.05, 0.1) is 10.6 Å². The van der Waals surface area contributed by atoms with E-state index in [1.54, 1.807) is 54.6 Å². The second-order valence-corrected chi connectivity index (χ2v) is 15.7. The van der Waals surface area contributed by atoms with Crippen LogP contribution in [0.5, 0.6) is 0 Å². The van der Waals surface area contributed by atoms with Crippen LogP contribution in [-0.2, 0) is 32.6 Å². The summed E-state index contributed by atoms with van der Waals surface area (Å²) in [6, 6.07) is 27.3. The van der Waals surface area contributed by atoms with Gasteiger partial charge in [-0.3, -0.25) is 13.9 Å². The van der Waals surface area contributed by atoms with Crippen LogP contribution in [0.4, 0.5) is 5.69 Å². The Morgan fingerprint density at radius 2 is 1.45 bits per heavy atom. The van der Waals surface area contributed by atoms with Crippen molar-refractivity contribution in [2.24, 2.45) is 0 Å². The second-order valence-electron chi connectivity index (χ2n) is 13.0. The molecule has 0 heterocycles. The van der Waals surface area contributed by atoms with Crippen molar-refractivity contribution < 1.29 is 18.0 Å². The van der Waals surface area contributed by atoms with Crippen LogP contribution in [-0.4, -0.2) is 43.8 Å². The SMILES string of the molecule is Cc1ccc(S(=O)(=O)N(CC(=O)N(Cc2c(Cl)cccc2Cl)[C@@H](Cc2ccccc2)C(=O)NC2CCCC2)c2ccc(C(C)C)cc2)cc1. The number of anilines is 1. The molecule has 4 aromatic rings. The van der Waals surface area contributed by atoms with E-state index in [2.05, 4.69) is 19.2 Å². The summed E-state index contributed by atoms with van der Waals surface area (Å²) in [5.74, 6) is -0.644. The second kappa shape index (κ2) is 16.2. The van der Waals surface area contributed by atoms with E-state index in [0.29, 0.717) is 21.3 Å². The molecule has 0 radical (unpaired) electrons. The quantitative estimate of drug-likeness (QED) is 0.151. The number of nitrogens with zero attached hydrogens (tertiary/aromatic N) is 2. The average Bonchev–Trinajstić information content (AvgIpc) is 3.60. The Balaban J connectivity index is 1.60. The Labute approximate surface area is 300 Å². The highest BCUT2D eigenvalue weighted by Crippen LogP contribution is 2.30. The van der Waals surface area contributed by atoms with Gasteiger partial charge in [-0.1, -0.05) is 116 Å². The summed E-state index contributed by atoms with van der Waals surface area (Å²) in [6.07, 6.45) is 3.98. The highest BCUT2D eigenvalue weighted by molar-refractivity contribution is 7.92. The molecule has 0 saturated heterocycles. The van der Waals surface area contributed by atoms with Crippen LogP contribution in [0.2, 0.25) is 10.0 Å². The van der Waals surface area contributed by atoms with Gasteiger partial charge in [0, 0.05) is 34.6 Å². The zero-order valence-electron chi connectivity index (χ0n) is 28.1. The van der Waals surface area contributed by atoms with Crippen molar-refractivity contribution in [3.05, 3.63) is 129 Å². The van der Waals surface area contributed by atoms with Crippen molar-refractivity contribution in [1.29, 1.82) is 0 Å². The average molecular weight is 721 g/mol. The molecule has 258 valence electrons. The van der Waals surface area contributed by atoms with E-state index >= 15 is 0 Å². The number of benzene rings is 4. The molecule has 0 spiro atoms. The molecule has 0 unspecified atom stereocenters. The highest BCUT2D eigenvalue weighted by Gasteiger charge is 2.36. The van der Waals surface area contributed by atoms with Crippen molar-refractivity contribution in [2.45, 2.75) is 82.3 Å². The van der Waals surface area contributed by atoms with Crippen LogP contribution in [0.3, 0.4) is 0 Å². The van der Waals surface area contributed by atoms with E-state index in [1.807, 2.05) is 49.4 Å². The van der Waals surface area contributed by atoms with Crippen LogP contribution >= 0.6 is 23.2 Å². The van der Waals surface area contributed by atoms with E-state index < -0.39 is 28.5 Å². The van der Waals surface area contributed by atoms with Gasteiger partial charge in [0.25, 0.3) is 10.0 Å². The third-order valence-corrected chi connectivity index (χ3v) is 11.6. The lowest BCUT2D eigenvalue weighted by Gasteiger charge is -2.34. The normalized spacial score (nSPS) is 14.1. The molecule has 0 aromatic heterocycles. The van der Waals surface area contributed by atoms with Crippen LogP contribution < -0.4 is 9.62 Å². The van der Waals surface area contributed by atoms with E-state index in [1.165, 1.54) is 4.90 Å². The standard InChI is InChI=1S/C39H43Cl2N3O4S/c1-27(2)30-18-20-32(21-19-30)44(49(47,48)33-22-16-28(3)17-23-33)26-38(45)43(25-34-35(40)14-9-15-36(34)41)37(24-29-10-5-4-6-11-29)39(46)42-31-12-7-8-13-31/h4-6,9-11,14-23,27,31,37H,7-8,12-13,24-26H2,1-3H3,(H,42,46)/t37-/m0/s1. The van der Waals surface area contributed by atoms with Crippen LogP contribution in [0.1, 0.15) is 67.7 Å². The van der Waals surface area contributed by atoms with E-state index in [0.717, 1.165) is 46.7 Å². The largest absolute Gasteiger partial charge is 0.352 e. The van der Waals surface area contributed by atoms with Crippen molar-refractivity contribution >= 4 is 50.7 Å². The summed E-state index contributed by atoms with van der Waals surface area (Å²) in [6.45, 7) is 5.34. The molecule has 1 fully saturated rings. The number of hydrogen-bond donors (Lipinski definition) is 1. The van der Waals surface area contributed by atoms with Gasteiger partial charge in [0.2, 0.25) is 11.8 Å². The lowest BCUT2D eigenvalue weighted by molar-refractivity contribution is -0.140. The zero-order chi connectivity index (χ0) is 35.1. The minimum atomic E-state index is -4.21. The first kappa shape index (κ1) is 36.4. The lowest BCUT2D eigenvalue weighted by Crippen LogP contribution is -2.54. The number of hydrogen-bond acceptors (Lipinski definition) is 4. The summed E-state index contributed by atoms with van der Waals surface area (Å²) in [7, 11) is -4.21. The number of carbonyl (C=O) groups excluding carboxylic acids is 2. The van der Waals surface area contributed by atoms with Gasteiger partial charge in [0.15, 0.2) is 0 Å². The van der Waals surface area contributed by atoms with Crippen LogP contribution in [0, 0.1) is 6.92 Å². The molecule has 1 atom stereocenters. The maximum Gasteiger partial charge on any atom is 0.264 e. The van der Waals surface area contributed by atoms with Crippen molar-refractivity contribution in [1.82, 2.24) is 10.2 Å². The fraction of sp³-hybridized carbons (Fsp3) is 0.333. The minimum Gasteiger partial charge on any atom is -0.352 e. The van der Waals surface area contributed by atoms with Crippen molar-refractivity contribution in [3.63, 3.8) is 0 Å². The molecule has 1 saturated carbocycles. The van der Waals surface area contributed by atoms with Gasteiger partial charge < -0.3 is 10.2 Å². The number of rotatable bonds is 13. The van der Waals surface area contributed by atoms with Gasteiger partial charge in [-0.15, -0.1) is 0 Å². The number of carbonyl (C=O) groups is 2. The Morgan fingerprint density at radius 3 is 2.04 bits per heavy atom. The molecule has 1 aliphatic rings. The van der Waals surface area contributed by atoms with Gasteiger partial charge in [0.1, 0.15) is 12.6 Å². The zero-order valence-corrected chi connectivity index (χ0v) is 30.4. The van der Waals surface area contributed by atoms with Crippen molar-refractivity contribution in [2.75, 3.05) is 10.8 Å². The highest BCUT2D eigenvalue weighted by atomic mass is 35.5. The van der Waals surface area contributed by atoms with E-state index in [4.69, 9.17) is 23.2 Å². The Bertz CT molecular complexity index is 1820. The molecule has 2 amide bonds. The smallest absolute Gasteiger partial charge is 0.264 e. The summed E-state index contributed by atoms with van der Waals surface area (Å²) < 4.78 is 29.8. The first-order chi connectivity index (χ1) is 23.4. The van der Waals surface area contributed by atoms with Crippen LogP contribution in [0.15, 0.2) is 102 Å². The first-order valence-corrected chi connectivity index (χ1v) is 18.9. The first-order valence-electron chi connectivity index (χ1n) is 16.7. The summed E-state index contributed by atoms with van der Waals surface area (Å²) in [4.78, 5) is 30.5. The number of aryl methyl sites for hydroxylation is 1. The molecule has 10 heteroatoms. The molecule has 0 bridgehead atoms. The minimum absolute atomic E-state index is 0.00418. The number of amides is 2. The van der Waals surface area contributed by atoms with Gasteiger partial charge in [-0.25, -0.2) is 8.42 Å². The predicted molar refractivity (Wildman–Crippen MR) is 198 cm³/mol. The maximum absolute atomic E-state index is 14.8. The van der Waals surface area contributed by atoms with E-state index in [9.17, 15) is 18.0 Å². The molecular weight excluding hydrogens is 677 g/mol. The van der Waals surface area contributed by atoms with Crippen LogP contribution in [0.25, 0.3) is 0 Å². The maximum atomic E-state index is 14.8. The molecular formula is C39H43Cl2N3O4S. The molecule has 0 aliphatic heterocycles. The summed E-state index contributed by atoms with van der Waals surface area (Å²) in [5, 5.41) is 3.86. The Morgan fingerprint density at radius 1 is 0.837 bits per heavy atom. The van der Waals surface area contributed by atoms with Gasteiger partial charge >= 0.3 is 0 Å². The Kier molecular flexibility index (Phi) is 12.1. The monoisotopic (exact) mass is 719 g/mol. The third-order valence-electron chi connectivity index (χ3n) is 9.10. The topological polar surface area (TPSA) is 86.8 Å². The molecule has 7 nitrogen and oxygen atoms in total. The lowest BCUT2D eigenvalue weighted by atomic mass is 10.0. The summed E-state index contributed by atoms with van der Waals surface area (Å²) >= 11 is 13.3. The van der Waals surface area contributed by atoms with Gasteiger partial charge in [-0.2, -0.15) is 0 Å². The summed E-state index contributed by atoms with van der Waals surface area (Å²) in [5.41, 5.74) is 3.60. The molecule has 1 N–H and O–H groups in total. The predicted octanol–water partition coefficient (Wildman–Crippen LogP) is 8.32. The number of sulfonamides is 1. The number of halogens is 2.